The molecule has 2 heterocycles. The van der Waals surface area contributed by atoms with Gasteiger partial charge in [0.1, 0.15) is 4.83 Å². The van der Waals surface area contributed by atoms with E-state index in [1.807, 2.05) is 60.7 Å². The van der Waals surface area contributed by atoms with E-state index >= 15 is 0 Å². The maximum atomic E-state index is 12.6. The Morgan fingerprint density at radius 1 is 1.30 bits per heavy atom. The van der Waals surface area contributed by atoms with E-state index in [1.165, 1.54) is 11.3 Å². The van der Waals surface area contributed by atoms with Crippen LogP contribution < -0.4 is 0 Å². The van der Waals surface area contributed by atoms with Gasteiger partial charge in [0.25, 0.3) is 5.91 Å². The van der Waals surface area contributed by atoms with E-state index in [0.29, 0.717) is 18.1 Å². The highest BCUT2D eigenvalue weighted by atomic mass is 35.5. The summed E-state index contributed by atoms with van der Waals surface area (Å²) in [7, 11) is 0. The van der Waals surface area contributed by atoms with E-state index in [4.69, 9.17) is 11.6 Å². The van der Waals surface area contributed by atoms with Gasteiger partial charge in [-0.1, -0.05) is 17.7 Å². The molecule has 0 atom stereocenters. The molecule has 2 aromatic heterocycles. The molecule has 0 N–H and O–H groups in total. The fourth-order valence-corrected chi connectivity index (χ4v) is 3.94. The van der Waals surface area contributed by atoms with Crippen LogP contribution in [0.2, 0.25) is 5.02 Å². The molecule has 0 spiro atoms. The standard InChI is InChI=1S/C17H18ClN3OS/c1-4-20(5-2)16(22)15-10-14-11(3)19-21(17(14)23-15)13-8-6-7-12(18)9-13/h6-10H,4-5H2,1-3H3. The average Bonchev–Trinajstić information content (AvgIpc) is 3.09. The van der Waals surface area contributed by atoms with Crippen LogP contribution in [0, 0.1) is 6.92 Å². The zero-order valence-electron chi connectivity index (χ0n) is 13.3. The van der Waals surface area contributed by atoms with Gasteiger partial charge in [-0.3, -0.25) is 4.79 Å². The second-order valence-corrected chi connectivity index (χ2v) is 6.75. The Morgan fingerprint density at radius 3 is 2.70 bits per heavy atom. The van der Waals surface area contributed by atoms with Crippen molar-refractivity contribution in [2.75, 3.05) is 13.1 Å². The molecule has 0 bridgehead atoms. The fourth-order valence-electron chi connectivity index (χ4n) is 2.60. The monoisotopic (exact) mass is 347 g/mol. The van der Waals surface area contributed by atoms with Crippen molar-refractivity contribution in [3.8, 4) is 5.69 Å². The molecule has 4 nitrogen and oxygen atoms in total. The van der Waals surface area contributed by atoms with Gasteiger partial charge in [0, 0.05) is 23.5 Å². The minimum atomic E-state index is 0.0771. The summed E-state index contributed by atoms with van der Waals surface area (Å²) in [6.45, 7) is 7.37. The lowest BCUT2D eigenvalue weighted by Gasteiger charge is -2.17. The number of nitrogens with zero attached hydrogens (tertiary/aromatic N) is 3. The third-order valence-corrected chi connectivity index (χ3v) is 5.19. The number of halogens is 1. The average molecular weight is 348 g/mol. The number of hydrogen-bond acceptors (Lipinski definition) is 3. The first-order chi connectivity index (χ1) is 11.0. The third kappa shape index (κ3) is 2.86. The molecule has 3 rings (SSSR count). The molecule has 0 aliphatic carbocycles. The summed E-state index contributed by atoms with van der Waals surface area (Å²) >= 11 is 7.57. The smallest absolute Gasteiger partial charge is 0.264 e. The topological polar surface area (TPSA) is 38.1 Å². The minimum Gasteiger partial charge on any atom is -0.339 e. The summed E-state index contributed by atoms with van der Waals surface area (Å²) in [4.78, 5) is 16.1. The Balaban J connectivity index is 2.10. The lowest BCUT2D eigenvalue weighted by molar-refractivity contribution is 0.0778. The second-order valence-electron chi connectivity index (χ2n) is 5.28. The zero-order chi connectivity index (χ0) is 16.6. The van der Waals surface area contributed by atoms with Crippen LogP contribution in [0.25, 0.3) is 15.9 Å². The second kappa shape index (κ2) is 6.34. The number of carbonyl (C=O) groups is 1. The van der Waals surface area contributed by atoms with Crippen molar-refractivity contribution in [2.24, 2.45) is 0 Å². The van der Waals surface area contributed by atoms with Crippen LogP contribution in [0.4, 0.5) is 0 Å². The lowest BCUT2D eigenvalue weighted by atomic mass is 10.3. The molecule has 0 unspecified atom stereocenters. The van der Waals surface area contributed by atoms with Crippen molar-refractivity contribution in [2.45, 2.75) is 20.8 Å². The number of benzene rings is 1. The molecular weight excluding hydrogens is 330 g/mol. The minimum absolute atomic E-state index is 0.0771. The third-order valence-electron chi connectivity index (χ3n) is 3.86. The molecule has 3 aromatic rings. The van der Waals surface area contributed by atoms with Gasteiger partial charge in [-0.15, -0.1) is 11.3 Å². The SMILES string of the molecule is CCN(CC)C(=O)c1cc2c(C)nn(-c3cccc(Cl)c3)c2s1. The van der Waals surface area contributed by atoms with E-state index < -0.39 is 0 Å². The Kier molecular flexibility index (Phi) is 4.41. The van der Waals surface area contributed by atoms with Crippen LogP contribution in [0.3, 0.4) is 0 Å². The van der Waals surface area contributed by atoms with Crippen molar-refractivity contribution in [1.29, 1.82) is 0 Å². The highest BCUT2D eigenvalue weighted by Crippen LogP contribution is 2.31. The quantitative estimate of drug-likeness (QED) is 0.695. The highest BCUT2D eigenvalue weighted by Gasteiger charge is 2.19. The van der Waals surface area contributed by atoms with Gasteiger partial charge in [0.15, 0.2) is 0 Å². The molecule has 6 heteroatoms. The number of rotatable bonds is 4. The number of aromatic nitrogens is 2. The van der Waals surface area contributed by atoms with Gasteiger partial charge in [0.05, 0.1) is 16.3 Å². The first-order valence-electron chi connectivity index (χ1n) is 7.59. The van der Waals surface area contributed by atoms with Gasteiger partial charge in [-0.05, 0) is 45.0 Å². The summed E-state index contributed by atoms with van der Waals surface area (Å²) in [6, 6.07) is 9.52. The van der Waals surface area contributed by atoms with E-state index in [-0.39, 0.29) is 5.91 Å². The van der Waals surface area contributed by atoms with Crippen molar-refractivity contribution in [1.82, 2.24) is 14.7 Å². The summed E-state index contributed by atoms with van der Waals surface area (Å²) in [6.07, 6.45) is 0. The summed E-state index contributed by atoms with van der Waals surface area (Å²) < 4.78 is 1.86. The molecule has 0 radical (unpaired) electrons. The first kappa shape index (κ1) is 16.0. The molecule has 0 aliphatic rings. The Bertz CT molecular complexity index is 864. The molecule has 1 amide bonds. The molecule has 23 heavy (non-hydrogen) atoms. The van der Waals surface area contributed by atoms with Gasteiger partial charge in [0.2, 0.25) is 0 Å². The molecule has 0 fully saturated rings. The number of carbonyl (C=O) groups excluding carboxylic acids is 1. The van der Waals surface area contributed by atoms with Crippen LogP contribution in [0.15, 0.2) is 30.3 Å². The fraction of sp³-hybridized carbons (Fsp3) is 0.294. The highest BCUT2D eigenvalue weighted by molar-refractivity contribution is 7.20. The largest absolute Gasteiger partial charge is 0.339 e. The van der Waals surface area contributed by atoms with E-state index in [1.54, 1.807) is 0 Å². The Labute approximate surface area is 144 Å². The normalized spacial score (nSPS) is 11.1. The number of fused-ring (bicyclic) bond motifs is 1. The van der Waals surface area contributed by atoms with Crippen molar-refractivity contribution in [3.63, 3.8) is 0 Å². The molecule has 0 saturated heterocycles. The molecular formula is C17H18ClN3OS. The van der Waals surface area contributed by atoms with Gasteiger partial charge >= 0.3 is 0 Å². The van der Waals surface area contributed by atoms with Crippen molar-refractivity contribution >= 4 is 39.1 Å². The Morgan fingerprint density at radius 2 is 2.04 bits per heavy atom. The summed E-state index contributed by atoms with van der Waals surface area (Å²) in [5.41, 5.74) is 1.81. The van der Waals surface area contributed by atoms with Crippen molar-refractivity contribution in [3.05, 3.63) is 45.9 Å². The molecule has 1 aromatic carbocycles. The van der Waals surface area contributed by atoms with Crippen LogP contribution in [-0.4, -0.2) is 33.7 Å². The molecule has 120 valence electrons. The number of thiophene rings is 1. The summed E-state index contributed by atoms with van der Waals surface area (Å²) in [5.74, 6) is 0.0771. The van der Waals surface area contributed by atoms with Gasteiger partial charge < -0.3 is 4.90 Å². The molecule has 0 aliphatic heterocycles. The summed E-state index contributed by atoms with van der Waals surface area (Å²) in [5, 5.41) is 6.28. The number of aryl methyl sites for hydroxylation is 1. The van der Waals surface area contributed by atoms with Crippen LogP contribution in [-0.2, 0) is 0 Å². The van der Waals surface area contributed by atoms with Crippen LogP contribution in [0.5, 0.6) is 0 Å². The first-order valence-corrected chi connectivity index (χ1v) is 8.79. The molecule has 0 saturated carbocycles. The van der Waals surface area contributed by atoms with E-state index in [0.717, 1.165) is 26.5 Å². The zero-order valence-corrected chi connectivity index (χ0v) is 14.9. The van der Waals surface area contributed by atoms with Crippen LogP contribution in [0.1, 0.15) is 29.2 Å². The predicted molar refractivity (Wildman–Crippen MR) is 95.9 cm³/mol. The van der Waals surface area contributed by atoms with Crippen LogP contribution >= 0.6 is 22.9 Å². The maximum Gasteiger partial charge on any atom is 0.264 e. The van der Waals surface area contributed by atoms with E-state index in [9.17, 15) is 4.79 Å². The Hall–Kier alpha value is -1.85. The van der Waals surface area contributed by atoms with Gasteiger partial charge in [-0.2, -0.15) is 5.10 Å². The predicted octanol–water partition coefficient (Wildman–Crippen LogP) is 4.53. The van der Waals surface area contributed by atoms with Gasteiger partial charge in [-0.25, -0.2) is 4.68 Å². The maximum absolute atomic E-state index is 12.6. The van der Waals surface area contributed by atoms with E-state index in [2.05, 4.69) is 5.10 Å². The lowest BCUT2D eigenvalue weighted by Crippen LogP contribution is -2.29. The number of hydrogen-bond donors (Lipinski definition) is 0. The number of amides is 1. The van der Waals surface area contributed by atoms with Crippen molar-refractivity contribution < 1.29 is 4.79 Å².